The Morgan fingerprint density at radius 3 is 2.77 bits per heavy atom. The summed E-state index contributed by atoms with van der Waals surface area (Å²) >= 11 is 0. The summed E-state index contributed by atoms with van der Waals surface area (Å²) < 4.78 is 15.2. The highest BCUT2D eigenvalue weighted by Gasteiger charge is 2.26. The largest absolute Gasteiger partial charge is 0.377 e. The van der Waals surface area contributed by atoms with Gasteiger partial charge in [0.25, 0.3) is 0 Å². The Balaban J connectivity index is 1.78. The molecular formula is C21H15FN6O3. The smallest absolute Gasteiger partial charge is 0.377 e. The normalized spacial score (nSPS) is 15.9. The van der Waals surface area contributed by atoms with Gasteiger partial charge in [-0.25, -0.2) is 13.9 Å². The Kier molecular flexibility index (Phi) is 5.43. The van der Waals surface area contributed by atoms with E-state index in [2.05, 4.69) is 16.5 Å². The average molecular weight is 418 g/mol. The van der Waals surface area contributed by atoms with E-state index < -0.39 is 18.0 Å². The number of hydrogen-bond acceptors (Lipinski definition) is 8. The van der Waals surface area contributed by atoms with Gasteiger partial charge in [0.15, 0.2) is 5.69 Å². The van der Waals surface area contributed by atoms with Crippen LogP contribution in [0.2, 0.25) is 0 Å². The number of rotatable bonds is 4. The van der Waals surface area contributed by atoms with Gasteiger partial charge in [-0.2, -0.15) is 15.6 Å². The molecule has 1 fully saturated rings. The minimum absolute atomic E-state index is 0.0402. The van der Waals surface area contributed by atoms with Gasteiger partial charge in [-0.05, 0) is 36.4 Å². The van der Waals surface area contributed by atoms with E-state index in [1.54, 1.807) is 30.3 Å². The molecule has 9 nitrogen and oxygen atoms in total. The summed E-state index contributed by atoms with van der Waals surface area (Å²) in [6, 6.07) is 15.9. The number of β-amino-alcohol motifs (C(OH)–C–C–N with tert-alkyl or cyclic N) is 1. The highest BCUT2D eigenvalue weighted by Crippen LogP contribution is 2.26. The molecule has 1 aliphatic heterocycles. The lowest BCUT2D eigenvalue weighted by atomic mass is 10.1. The maximum Gasteiger partial charge on any atom is 0.377 e. The van der Waals surface area contributed by atoms with Gasteiger partial charge in [-0.3, -0.25) is 5.32 Å². The summed E-state index contributed by atoms with van der Waals surface area (Å²) in [4.78, 5) is 17.9. The van der Waals surface area contributed by atoms with Gasteiger partial charge in [0.1, 0.15) is 18.1 Å². The van der Waals surface area contributed by atoms with E-state index in [9.17, 15) is 19.6 Å². The van der Waals surface area contributed by atoms with Crippen molar-refractivity contribution in [3.8, 4) is 29.1 Å². The first-order chi connectivity index (χ1) is 15.0. The average Bonchev–Trinajstić information content (AvgIpc) is 3.40. The number of aliphatic hydroxyl groups excluding tert-OH is 1. The summed E-state index contributed by atoms with van der Waals surface area (Å²) in [5.74, 6) is -1.43. The fraction of sp³-hybridized carbons (Fsp3) is 0.143. The molecule has 0 aliphatic carbocycles. The lowest BCUT2D eigenvalue weighted by Crippen LogP contribution is -2.26. The predicted octanol–water partition coefficient (Wildman–Crippen LogP) is 1.67. The number of nitrogens with one attached hydrogen (secondary N) is 1. The molecule has 0 radical (unpaired) electrons. The molecular weight excluding hydrogens is 403 g/mol. The van der Waals surface area contributed by atoms with E-state index in [4.69, 9.17) is 10.1 Å². The first-order valence-electron chi connectivity index (χ1n) is 9.18. The number of hydrogen-bond donors (Lipinski definition) is 2. The SMILES string of the molecule is N#Cc1cccc(-c2cc(C(=O)ON3CNC(O)C3)nn2-c2ccc(F)c(C#N)c2)c1. The third-order valence-corrected chi connectivity index (χ3v) is 4.61. The number of hydroxylamine groups is 2. The molecule has 1 saturated heterocycles. The first kappa shape index (κ1) is 20.2. The van der Waals surface area contributed by atoms with Gasteiger partial charge >= 0.3 is 5.97 Å². The van der Waals surface area contributed by atoms with Crippen LogP contribution < -0.4 is 5.32 Å². The molecule has 0 saturated carbocycles. The van der Waals surface area contributed by atoms with Crippen LogP contribution in [0.4, 0.5) is 4.39 Å². The summed E-state index contributed by atoms with van der Waals surface area (Å²) in [6.45, 7) is 0.265. The standard InChI is InChI=1S/C21H15FN6O3/c22-17-5-4-16(7-15(17)10-24)28-19(14-3-1-2-13(6-14)9-23)8-18(26-28)21(30)31-27-11-20(29)25-12-27/h1-8,20,25,29H,11-12H2. The Morgan fingerprint density at radius 2 is 2.06 bits per heavy atom. The molecule has 154 valence electrons. The Hall–Kier alpha value is -4.09. The fourth-order valence-corrected chi connectivity index (χ4v) is 3.12. The van der Waals surface area contributed by atoms with Gasteiger partial charge in [0, 0.05) is 5.56 Å². The van der Waals surface area contributed by atoms with E-state index in [0.29, 0.717) is 22.5 Å². The number of nitriles is 2. The van der Waals surface area contributed by atoms with Crippen molar-refractivity contribution in [2.24, 2.45) is 0 Å². The van der Waals surface area contributed by atoms with Crippen LogP contribution in [0, 0.1) is 28.5 Å². The second-order valence-electron chi connectivity index (χ2n) is 6.72. The van der Waals surface area contributed by atoms with Crippen molar-refractivity contribution < 1.29 is 19.1 Å². The molecule has 0 bridgehead atoms. The summed E-state index contributed by atoms with van der Waals surface area (Å²) in [5, 5.41) is 36.1. The highest BCUT2D eigenvalue weighted by atomic mass is 19.1. The third-order valence-electron chi connectivity index (χ3n) is 4.61. The summed E-state index contributed by atoms with van der Waals surface area (Å²) in [6.07, 6.45) is -0.807. The number of nitrogens with zero attached hydrogens (tertiary/aromatic N) is 5. The van der Waals surface area contributed by atoms with Crippen molar-refractivity contribution in [3.63, 3.8) is 0 Å². The quantitative estimate of drug-likeness (QED) is 0.655. The van der Waals surface area contributed by atoms with E-state index in [1.807, 2.05) is 0 Å². The number of carbonyl (C=O) groups excluding carboxylic acids is 1. The lowest BCUT2D eigenvalue weighted by Gasteiger charge is -2.12. The maximum atomic E-state index is 13.8. The maximum absolute atomic E-state index is 13.8. The van der Waals surface area contributed by atoms with Crippen LogP contribution in [-0.2, 0) is 4.84 Å². The van der Waals surface area contributed by atoms with Gasteiger partial charge < -0.3 is 9.94 Å². The Labute approximate surface area is 176 Å². The van der Waals surface area contributed by atoms with E-state index in [0.717, 1.165) is 6.07 Å². The van der Waals surface area contributed by atoms with Crippen LogP contribution in [0.25, 0.3) is 16.9 Å². The van der Waals surface area contributed by atoms with Crippen LogP contribution in [0.1, 0.15) is 21.6 Å². The van der Waals surface area contributed by atoms with Crippen LogP contribution in [0.3, 0.4) is 0 Å². The molecule has 1 atom stereocenters. The minimum atomic E-state index is -0.807. The zero-order valence-electron chi connectivity index (χ0n) is 16.0. The van der Waals surface area contributed by atoms with Gasteiger partial charge in [-0.15, -0.1) is 5.06 Å². The number of aliphatic hydroxyl groups is 1. The fourth-order valence-electron chi connectivity index (χ4n) is 3.12. The van der Waals surface area contributed by atoms with Crippen molar-refractivity contribution in [2.45, 2.75) is 6.23 Å². The second kappa shape index (κ2) is 8.34. The van der Waals surface area contributed by atoms with Crippen molar-refractivity contribution >= 4 is 5.97 Å². The molecule has 0 amide bonds. The third kappa shape index (κ3) is 4.13. The highest BCUT2D eigenvalue weighted by molar-refractivity contribution is 5.89. The predicted molar refractivity (Wildman–Crippen MR) is 105 cm³/mol. The van der Waals surface area contributed by atoms with Crippen LogP contribution in [0.5, 0.6) is 0 Å². The van der Waals surface area contributed by atoms with Crippen LogP contribution in [-0.4, -0.2) is 45.4 Å². The van der Waals surface area contributed by atoms with E-state index in [-0.39, 0.29) is 24.5 Å². The number of carbonyl (C=O) groups is 1. The van der Waals surface area contributed by atoms with Crippen molar-refractivity contribution in [1.29, 1.82) is 10.5 Å². The van der Waals surface area contributed by atoms with Crippen LogP contribution in [0.15, 0.2) is 48.5 Å². The van der Waals surface area contributed by atoms with E-state index >= 15 is 0 Å². The molecule has 31 heavy (non-hydrogen) atoms. The molecule has 1 aromatic heterocycles. The topological polar surface area (TPSA) is 127 Å². The first-order valence-corrected chi connectivity index (χ1v) is 9.18. The molecule has 1 aliphatic rings. The second-order valence-corrected chi connectivity index (χ2v) is 6.72. The van der Waals surface area contributed by atoms with E-state index in [1.165, 1.54) is 27.9 Å². The molecule has 2 heterocycles. The number of aromatic nitrogens is 2. The van der Waals surface area contributed by atoms with Crippen molar-refractivity contribution in [1.82, 2.24) is 20.2 Å². The van der Waals surface area contributed by atoms with Crippen LogP contribution >= 0.6 is 0 Å². The van der Waals surface area contributed by atoms with Crippen molar-refractivity contribution in [2.75, 3.05) is 13.2 Å². The zero-order chi connectivity index (χ0) is 22.0. The Morgan fingerprint density at radius 1 is 1.23 bits per heavy atom. The molecule has 3 aromatic rings. The number of halogens is 1. The molecule has 4 rings (SSSR count). The molecule has 10 heteroatoms. The van der Waals surface area contributed by atoms with Crippen molar-refractivity contribution in [3.05, 3.63) is 71.2 Å². The van der Waals surface area contributed by atoms with Gasteiger partial charge in [0.05, 0.1) is 41.8 Å². The summed E-state index contributed by atoms with van der Waals surface area (Å²) in [5.41, 5.74) is 1.58. The molecule has 0 spiro atoms. The molecule has 2 N–H and O–H groups in total. The lowest BCUT2D eigenvalue weighted by molar-refractivity contribution is -0.0991. The monoisotopic (exact) mass is 418 g/mol. The zero-order valence-corrected chi connectivity index (χ0v) is 16.0. The molecule has 1 unspecified atom stereocenters. The van der Waals surface area contributed by atoms with Gasteiger partial charge in [0.2, 0.25) is 0 Å². The minimum Gasteiger partial charge on any atom is -0.377 e. The van der Waals surface area contributed by atoms with Gasteiger partial charge in [-0.1, -0.05) is 12.1 Å². The summed E-state index contributed by atoms with van der Waals surface area (Å²) in [7, 11) is 0. The molecule has 2 aromatic carbocycles. The Bertz CT molecular complexity index is 1240. The number of benzene rings is 2.